The molecule has 1 atom stereocenters. The van der Waals surface area contributed by atoms with Gasteiger partial charge in [0, 0.05) is 26.2 Å². The van der Waals surface area contributed by atoms with Crippen LogP contribution in [0.15, 0.2) is 42.5 Å². The van der Waals surface area contributed by atoms with E-state index >= 15 is 0 Å². The summed E-state index contributed by atoms with van der Waals surface area (Å²) in [5.74, 6) is 0.705. The van der Waals surface area contributed by atoms with Gasteiger partial charge in [-0.05, 0) is 29.3 Å². The average Bonchev–Trinajstić information content (AvgIpc) is 2.65. The molecule has 1 heterocycles. The molecule has 1 saturated heterocycles. The van der Waals surface area contributed by atoms with Crippen molar-refractivity contribution in [2.75, 3.05) is 26.2 Å². The summed E-state index contributed by atoms with van der Waals surface area (Å²) < 4.78 is 5.97. The lowest BCUT2D eigenvalue weighted by Crippen LogP contribution is -2.51. The lowest BCUT2D eigenvalue weighted by molar-refractivity contribution is -0.142. The molecule has 2 amide bonds. The molecule has 0 aromatic heterocycles. The zero-order chi connectivity index (χ0) is 16.9. The van der Waals surface area contributed by atoms with Gasteiger partial charge in [0.25, 0.3) is 5.91 Å². The summed E-state index contributed by atoms with van der Waals surface area (Å²) in [6.07, 6.45) is 0.957. The summed E-state index contributed by atoms with van der Waals surface area (Å²) >= 11 is 0. The third-order valence-corrected chi connectivity index (χ3v) is 4.42. The third-order valence-electron chi connectivity index (χ3n) is 4.42. The minimum absolute atomic E-state index is 0.00351. The Morgan fingerprint density at radius 2 is 1.83 bits per heavy atom. The maximum Gasteiger partial charge on any atom is 0.263 e. The van der Waals surface area contributed by atoms with E-state index in [4.69, 9.17) is 4.74 Å². The number of carbonyl (C=O) groups excluding carboxylic acids is 2. The first kappa shape index (κ1) is 16.3. The van der Waals surface area contributed by atoms with E-state index in [-0.39, 0.29) is 5.91 Å². The first-order chi connectivity index (χ1) is 11.7. The molecule has 0 unspecified atom stereocenters. The molecule has 0 N–H and O–H groups in total. The lowest BCUT2D eigenvalue weighted by atomic mass is 10.1. The predicted molar refractivity (Wildman–Crippen MR) is 92.9 cm³/mol. The Morgan fingerprint density at radius 1 is 1.12 bits per heavy atom. The van der Waals surface area contributed by atoms with Crippen molar-refractivity contribution < 1.29 is 14.3 Å². The SMILES string of the molecule is CC[C@@H](Oc1ccc2ccccc2c1)C(=O)N1CCN(C=O)CC1. The molecular formula is C19H22N2O3. The Hall–Kier alpha value is -2.56. The molecule has 1 aliphatic rings. The fraction of sp³-hybridized carbons (Fsp3) is 0.368. The van der Waals surface area contributed by atoms with Gasteiger partial charge in [-0.1, -0.05) is 37.3 Å². The van der Waals surface area contributed by atoms with E-state index in [1.807, 2.05) is 49.4 Å². The van der Waals surface area contributed by atoms with Crippen LogP contribution in [0.25, 0.3) is 10.8 Å². The summed E-state index contributed by atoms with van der Waals surface area (Å²) in [5, 5.41) is 2.24. The van der Waals surface area contributed by atoms with Crippen molar-refractivity contribution in [3.63, 3.8) is 0 Å². The van der Waals surface area contributed by atoms with Crippen LogP contribution >= 0.6 is 0 Å². The fourth-order valence-corrected chi connectivity index (χ4v) is 2.96. The Bertz CT molecular complexity index is 723. The van der Waals surface area contributed by atoms with Gasteiger partial charge in [0.2, 0.25) is 6.41 Å². The van der Waals surface area contributed by atoms with Crippen LogP contribution < -0.4 is 4.74 Å². The molecule has 3 rings (SSSR count). The van der Waals surface area contributed by atoms with Gasteiger partial charge in [0.1, 0.15) is 5.75 Å². The number of carbonyl (C=O) groups is 2. The molecule has 1 aliphatic heterocycles. The van der Waals surface area contributed by atoms with Crippen molar-refractivity contribution in [1.82, 2.24) is 9.80 Å². The molecule has 0 radical (unpaired) electrons. The number of benzene rings is 2. The van der Waals surface area contributed by atoms with Crippen LogP contribution in [0.5, 0.6) is 5.75 Å². The first-order valence-corrected chi connectivity index (χ1v) is 8.35. The summed E-state index contributed by atoms with van der Waals surface area (Å²) in [5.41, 5.74) is 0. The Kier molecular flexibility index (Phi) is 4.99. The quantitative estimate of drug-likeness (QED) is 0.792. The van der Waals surface area contributed by atoms with Crippen molar-refractivity contribution >= 4 is 23.1 Å². The number of ether oxygens (including phenoxy) is 1. The van der Waals surface area contributed by atoms with Gasteiger partial charge in [-0.15, -0.1) is 0 Å². The second kappa shape index (κ2) is 7.34. The van der Waals surface area contributed by atoms with E-state index in [9.17, 15) is 9.59 Å². The van der Waals surface area contributed by atoms with Gasteiger partial charge in [0.15, 0.2) is 6.10 Å². The highest BCUT2D eigenvalue weighted by Gasteiger charge is 2.27. The Balaban J connectivity index is 1.69. The van der Waals surface area contributed by atoms with Crippen molar-refractivity contribution in [1.29, 1.82) is 0 Å². The monoisotopic (exact) mass is 326 g/mol. The molecular weight excluding hydrogens is 304 g/mol. The van der Waals surface area contributed by atoms with Crippen molar-refractivity contribution in [2.45, 2.75) is 19.4 Å². The van der Waals surface area contributed by atoms with E-state index in [0.29, 0.717) is 38.3 Å². The molecule has 2 aromatic rings. The molecule has 126 valence electrons. The van der Waals surface area contributed by atoms with Crippen LogP contribution in [0, 0.1) is 0 Å². The van der Waals surface area contributed by atoms with Crippen molar-refractivity contribution in [3.05, 3.63) is 42.5 Å². The number of amides is 2. The van der Waals surface area contributed by atoms with Gasteiger partial charge in [-0.2, -0.15) is 0 Å². The maximum atomic E-state index is 12.7. The van der Waals surface area contributed by atoms with Gasteiger partial charge < -0.3 is 14.5 Å². The van der Waals surface area contributed by atoms with Gasteiger partial charge in [0.05, 0.1) is 0 Å². The molecule has 24 heavy (non-hydrogen) atoms. The molecule has 5 nitrogen and oxygen atoms in total. The molecule has 2 aromatic carbocycles. The van der Waals surface area contributed by atoms with E-state index in [1.165, 1.54) is 0 Å². The molecule has 5 heteroatoms. The summed E-state index contributed by atoms with van der Waals surface area (Å²) in [6, 6.07) is 13.9. The number of piperazine rings is 1. The van der Waals surface area contributed by atoms with E-state index < -0.39 is 6.10 Å². The second-order valence-electron chi connectivity index (χ2n) is 5.99. The van der Waals surface area contributed by atoms with E-state index in [0.717, 1.165) is 17.2 Å². The minimum atomic E-state index is -0.492. The van der Waals surface area contributed by atoms with Crippen LogP contribution in [0.3, 0.4) is 0 Å². The highest BCUT2D eigenvalue weighted by molar-refractivity contribution is 5.84. The van der Waals surface area contributed by atoms with Crippen molar-refractivity contribution in [3.8, 4) is 5.75 Å². The maximum absolute atomic E-state index is 12.7. The normalized spacial score (nSPS) is 16.0. The molecule has 0 bridgehead atoms. The van der Waals surface area contributed by atoms with Crippen LogP contribution in [0.4, 0.5) is 0 Å². The number of hydrogen-bond acceptors (Lipinski definition) is 3. The second-order valence-corrected chi connectivity index (χ2v) is 5.99. The minimum Gasteiger partial charge on any atom is -0.481 e. The highest BCUT2D eigenvalue weighted by Crippen LogP contribution is 2.22. The van der Waals surface area contributed by atoms with Crippen LogP contribution in [0.1, 0.15) is 13.3 Å². The molecule has 0 spiro atoms. The number of nitrogens with zero attached hydrogens (tertiary/aromatic N) is 2. The molecule has 0 aliphatic carbocycles. The van der Waals surface area contributed by atoms with Gasteiger partial charge >= 0.3 is 0 Å². The third kappa shape index (κ3) is 3.50. The van der Waals surface area contributed by atoms with Gasteiger partial charge in [-0.3, -0.25) is 9.59 Å². The van der Waals surface area contributed by atoms with Crippen molar-refractivity contribution in [2.24, 2.45) is 0 Å². The van der Waals surface area contributed by atoms with Crippen LogP contribution in [0.2, 0.25) is 0 Å². The van der Waals surface area contributed by atoms with E-state index in [2.05, 4.69) is 0 Å². The van der Waals surface area contributed by atoms with Gasteiger partial charge in [-0.25, -0.2) is 0 Å². The van der Waals surface area contributed by atoms with E-state index in [1.54, 1.807) is 9.80 Å². The number of rotatable bonds is 5. The fourth-order valence-electron chi connectivity index (χ4n) is 2.96. The highest BCUT2D eigenvalue weighted by atomic mass is 16.5. The Labute approximate surface area is 141 Å². The number of fused-ring (bicyclic) bond motifs is 1. The standard InChI is InChI=1S/C19H22N2O3/c1-2-18(19(23)21-11-9-20(14-22)10-12-21)24-17-8-7-15-5-3-4-6-16(15)13-17/h3-8,13-14,18H,2,9-12H2,1H3/t18-/m1/s1. The molecule has 1 fully saturated rings. The number of hydrogen-bond donors (Lipinski definition) is 0. The smallest absolute Gasteiger partial charge is 0.263 e. The summed E-state index contributed by atoms with van der Waals surface area (Å²) in [7, 11) is 0. The van der Waals surface area contributed by atoms with Crippen LogP contribution in [-0.2, 0) is 9.59 Å². The first-order valence-electron chi connectivity index (χ1n) is 8.35. The predicted octanol–water partition coefficient (Wildman–Crippen LogP) is 2.30. The zero-order valence-electron chi connectivity index (χ0n) is 13.9. The lowest BCUT2D eigenvalue weighted by Gasteiger charge is -2.34. The summed E-state index contributed by atoms with van der Waals surface area (Å²) in [4.78, 5) is 26.9. The molecule has 0 saturated carbocycles. The average molecular weight is 326 g/mol. The summed E-state index contributed by atoms with van der Waals surface area (Å²) in [6.45, 7) is 4.25. The zero-order valence-corrected chi connectivity index (χ0v) is 13.9. The largest absolute Gasteiger partial charge is 0.481 e. The topological polar surface area (TPSA) is 49.9 Å². The Morgan fingerprint density at radius 3 is 2.50 bits per heavy atom. The van der Waals surface area contributed by atoms with Crippen LogP contribution in [-0.4, -0.2) is 54.4 Å².